The Hall–Kier alpha value is -3.42. The molecule has 0 radical (unpaired) electrons. The molecule has 1 fully saturated rings. The van der Waals surface area contributed by atoms with E-state index in [-0.39, 0.29) is 18.3 Å². The number of pyridine rings is 1. The fourth-order valence-electron chi connectivity index (χ4n) is 3.97. The molecule has 1 aliphatic carbocycles. The third-order valence-corrected chi connectivity index (χ3v) is 5.69. The Kier molecular flexibility index (Phi) is 5.39. The zero-order valence-corrected chi connectivity index (χ0v) is 17.9. The van der Waals surface area contributed by atoms with Crippen molar-refractivity contribution in [3.8, 4) is 5.75 Å². The number of hydrogen-bond donors (Lipinski definition) is 2. The van der Waals surface area contributed by atoms with Gasteiger partial charge in [-0.1, -0.05) is 0 Å². The summed E-state index contributed by atoms with van der Waals surface area (Å²) in [6.07, 6.45) is 3.10. The summed E-state index contributed by atoms with van der Waals surface area (Å²) in [5.41, 5.74) is 16.3. The highest BCUT2D eigenvalue weighted by molar-refractivity contribution is 6.26. The summed E-state index contributed by atoms with van der Waals surface area (Å²) < 4.78 is 20.1. The summed E-state index contributed by atoms with van der Waals surface area (Å²) in [5, 5.41) is 0. The predicted molar refractivity (Wildman–Crippen MR) is 118 cm³/mol. The van der Waals surface area contributed by atoms with Crippen LogP contribution in [0.25, 0.3) is 5.57 Å². The lowest BCUT2D eigenvalue weighted by atomic mass is 9.96. The molecule has 4 N–H and O–H groups in total. The van der Waals surface area contributed by atoms with E-state index < -0.39 is 11.9 Å². The lowest BCUT2D eigenvalue weighted by molar-refractivity contribution is 0.0801. The molecule has 7 nitrogen and oxygen atoms in total. The molecule has 2 bridgehead atoms. The Balaban J connectivity index is 1.92. The van der Waals surface area contributed by atoms with Crippen LogP contribution in [-0.4, -0.2) is 42.1 Å². The Morgan fingerprint density at radius 1 is 1.29 bits per heavy atom. The maximum atomic E-state index is 14.0. The molecule has 1 aromatic carbocycles. The van der Waals surface area contributed by atoms with Gasteiger partial charge in [0.1, 0.15) is 11.9 Å². The van der Waals surface area contributed by atoms with Crippen molar-refractivity contribution in [1.29, 1.82) is 0 Å². The van der Waals surface area contributed by atoms with Crippen molar-refractivity contribution in [3.05, 3.63) is 58.7 Å². The molecule has 31 heavy (non-hydrogen) atoms. The number of halogens is 1. The van der Waals surface area contributed by atoms with Crippen molar-refractivity contribution >= 4 is 23.0 Å². The lowest BCUT2D eigenvalue weighted by Crippen LogP contribution is -2.33. The Morgan fingerprint density at radius 3 is 2.71 bits per heavy atom. The molecule has 162 valence electrons. The number of allylic oxidation sites excluding steroid dienone is 1. The van der Waals surface area contributed by atoms with Crippen LogP contribution in [0.2, 0.25) is 0 Å². The van der Waals surface area contributed by atoms with Gasteiger partial charge in [0, 0.05) is 59.9 Å². The van der Waals surface area contributed by atoms with Crippen LogP contribution in [-0.2, 0) is 0 Å². The second-order valence-corrected chi connectivity index (χ2v) is 8.04. The standard InChI is InChI=1S/C23H26FN5O2/c1-12-17-9-15(24)6-7-16(17)23(30)29(3)11-18(25)20(21(27-2)13-4-5-13)14-8-19(31-12)22(26)28-10-14/h6-10,12-13H,4-5,11,25H2,1-3H3,(H2,26,28). The number of ether oxygens (including phenoxy) is 1. The van der Waals surface area contributed by atoms with Crippen molar-refractivity contribution in [2.75, 3.05) is 26.4 Å². The van der Waals surface area contributed by atoms with Crippen molar-refractivity contribution < 1.29 is 13.9 Å². The van der Waals surface area contributed by atoms with E-state index in [4.69, 9.17) is 16.2 Å². The van der Waals surface area contributed by atoms with E-state index in [1.807, 2.05) is 0 Å². The molecule has 1 saturated carbocycles. The first-order valence-electron chi connectivity index (χ1n) is 10.2. The van der Waals surface area contributed by atoms with Gasteiger partial charge in [-0.25, -0.2) is 9.37 Å². The van der Waals surface area contributed by atoms with Crippen LogP contribution in [0.1, 0.15) is 47.4 Å². The molecule has 1 atom stereocenters. The maximum Gasteiger partial charge on any atom is 0.254 e. The first-order valence-corrected chi connectivity index (χ1v) is 10.2. The van der Waals surface area contributed by atoms with Gasteiger partial charge in [-0.2, -0.15) is 0 Å². The fourth-order valence-corrected chi connectivity index (χ4v) is 3.97. The van der Waals surface area contributed by atoms with Gasteiger partial charge in [0.25, 0.3) is 5.91 Å². The zero-order chi connectivity index (χ0) is 22.3. The van der Waals surface area contributed by atoms with Crippen molar-refractivity contribution in [1.82, 2.24) is 9.88 Å². The molecule has 2 heterocycles. The SMILES string of the molecule is CN=C(C1=C(N)CN(C)C(=O)c2ccc(F)cc2C(C)Oc2cc1cnc2N)C1CC1. The van der Waals surface area contributed by atoms with E-state index >= 15 is 0 Å². The summed E-state index contributed by atoms with van der Waals surface area (Å²) in [7, 11) is 3.41. The lowest BCUT2D eigenvalue weighted by Gasteiger charge is -2.25. The highest BCUT2D eigenvalue weighted by Gasteiger charge is 2.32. The number of aliphatic imine (C=N–C) groups is 1. The number of aromatic nitrogens is 1. The monoisotopic (exact) mass is 423 g/mol. The van der Waals surface area contributed by atoms with Gasteiger partial charge in [0.05, 0.1) is 6.54 Å². The van der Waals surface area contributed by atoms with Gasteiger partial charge in [0.15, 0.2) is 11.6 Å². The van der Waals surface area contributed by atoms with Crippen LogP contribution < -0.4 is 16.2 Å². The molecule has 1 aromatic heterocycles. The number of rotatable bonds is 2. The number of fused-ring (bicyclic) bond motifs is 3. The van der Waals surface area contributed by atoms with E-state index in [2.05, 4.69) is 9.98 Å². The van der Waals surface area contributed by atoms with Crippen LogP contribution in [0.4, 0.5) is 10.2 Å². The predicted octanol–water partition coefficient (Wildman–Crippen LogP) is 3.18. The summed E-state index contributed by atoms with van der Waals surface area (Å²) >= 11 is 0. The second kappa shape index (κ2) is 8.02. The number of likely N-dealkylation sites (N-methyl/N-ethyl adjacent to an activating group) is 1. The van der Waals surface area contributed by atoms with Crippen LogP contribution in [0.15, 0.2) is 41.2 Å². The fraction of sp³-hybridized carbons (Fsp3) is 0.348. The number of carbonyl (C=O) groups is 1. The van der Waals surface area contributed by atoms with Crippen molar-refractivity contribution in [2.45, 2.75) is 25.9 Å². The third kappa shape index (κ3) is 3.97. The number of amides is 1. The molecule has 8 heteroatoms. The smallest absolute Gasteiger partial charge is 0.254 e. The number of nitrogens with zero attached hydrogens (tertiary/aromatic N) is 3. The number of nitrogens with two attached hydrogens (primary N) is 2. The van der Waals surface area contributed by atoms with E-state index in [0.717, 1.165) is 29.7 Å². The Labute approximate surface area is 180 Å². The van der Waals surface area contributed by atoms with Crippen molar-refractivity contribution in [3.63, 3.8) is 0 Å². The quantitative estimate of drug-likeness (QED) is 0.722. The molecule has 2 aliphatic rings. The first-order chi connectivity index (χ1) is 14.8. The molecule has 1 amide bonds. The number of hydrogen-bond acceptors (Lipinski definition) is 6. The average Bonchev–Trinajstić information content (AvgIpc) is 3.57. The minimum absolute atomic E-state index is 0.186. The third-order valence-electron chi connectivity index (χ3n) is 5.69. The number of nitrogen functional groups attached to an aromatic ring is 1. The normalized spacial score (nSPS) is 20.0. The topological polar surface area (TPSA) is 107 Å². The van der Waals surface area contributed by atoms with Crippen LogP contribution >= 0.6 is 0 Å². The molecule has 0 spiro atoms. The van der Waals surface area contributed by atoms with E-state index in [1.165, 1.54) is 23.1 Å². The number of anilines is 1. The molecule has 1 aliphatic heterocycles. The zero-order valence-electron chi connectivity index (χ0n) is 17.9. The summed E-state index contributed by atoms with van der Waals surface area (Å²) in [5.74, 6) is 0.152. The Bertz CT molecular complexity index is 1110. The Morgan fingerprint density at radius 2 is 2.03 bits per heavy atom. The van der Waals surface area contributed by atoms with E-state index in [1.54, 1.807) is 33.3 Å². The number of benzene rings is 1. The highest BCUT2D eigenvalue weighted by Crippen LogP contribution is 2.39. The summed E-state index contributed by atoms with van der Waals surface area (Å²) in [6.45, 7) is 1.93. The van der Waals surface area contributed by atoms with Crippen LogP contribution in [0.3, 0.4) is 0 Å². The van der Waals surface area contributed by atoms with Gasteiger partial charge in [-0.3, -0.25) is 9.79 Å². The second-order valence-electron chi connectivity index (χ2n) is 8.04. The van der Waals surface area contributed by atoms with Gasteiger partial charge in [0.2, 0.25) is 0 Å². The summed E-state index contributed by atoms with van der Waals surface area (Å²) in [4.78, 5) is 23.6. The molecular weight excluding hydrogens is 397 g/mol. The van der Waals surface area contributed by atoms with Gasteiger partial charge >= 0.3 is 0 Å². The van der Waals surface area contributed by atoms with Crippen LogP contribution in [0.5, 0.6) is 5.75 Å². The van der Waals surface area contributed by atoms with E-state index in [9.17, 15) is 9.18 Å². The van der Waals surface area contributed by atoms with Gasteiger partial charge in [-0.15, -0.1) is 0 Å². The average molecular weight is 423 g/mol. The molecule has 1 unspecified atom stereocenters. The van der Waals surface area contributed by atoms with E-state index in [0.29, 0.717) is 28.5 Å². The van der Waals surface area contributed by atoms with Crippen LogP contribution in [0, 0.1) is 11.7 Å². The maximum absolute atomic E-state index is 14.0. The molecule has 0 saturated heterocycles. The highest BCUT2D eigenvalue weighted by atomic mass is 19.1. The first kappa shape index (κ1) is 20.8. The summed E-state index contributed by atoms with van der Waals surface area (Å²) in [6, 6.07) is 5.83. The minimum atomic E-state index is -0.630. The number of carbonyl (C=O) groups excluding carboxylic acids is 1. The molecule has 2 aromatic rings. The van der Waals surface area contributed by atoms with Gasteiger partial charge in [-0.05, 0) is 44.0 Å². The molecule has 4 rings (SSSR count). The molecular formula is C23H26FN5O2. The largest absolute Gasteiger partial charge is 0.482 e. The van der Waals surface area contributed by atoms with Gasteiger partial charge < -0.3 is 21.1 Å². The van der Waals surface area contributed by atoms with Crippen molar-refractivity contribution in [2.24, 2.45) is 16.6 Å². The minimum Gasteiger partial charge on any atom is -0.482 e.